The molecule has 0 aromatic heterocycles. The van der Waals surface area contributed by atoms with Gasteiger partial charge in [-0.05, 0) is 65.7 Å². The molecule has 3 aliphatic rings. The van der Waals surface area contributed by atoms with Crippen molar-refractivity contribution in [2.75, 3.05) is 13.1 Å². The molecular formula is C20H36N4O2. The third kappa shape index (κ3) is 5.27. The lowest BCUT2D eigenvalue weighted by Crippen LogP contribution is -2.55. The maximum atomic E-state index is 12.6. The number of carbonyl (C=O) groups excluding carboxylic acids is 1. The number of nitrogens with one attached hydrogen (secondary N) is 2. The molecule has 3 fully saturated rings. The largest absolute Gasteiger partial charge is 0.444 e. The van der Waals surface area contributed by atoms with Gasteiger partial charge in [-0.25, -0.2) is 4.79 Å². The number of rotatable bonds is 5. The van der Waals surface area contributed by atoms with Crippen LogP contribution in [0.5, 0.6) is 0 Å². The van der Waals surface area contributed by atoms with Gasteiger partial charge in [0.15, 0.2) is 5.96 Å². The Labute approximate surface area is 158 Å². The highest BCUT2D eigenvalue weighted by Gasteiger charge is 2.45. The van der Waals surface area contributed by atoms with E-state index < -0.39 is 5.60 Å². The summed E-state index contributed by atoms with van der Waals surface area (Å²) in [4.78, 5) is 19.3. The highest BCUT2D eigenvalue weighted by Crippen LogP contribution is 2.37. The molecule has 1 aliphatic carbocycles. The van der Waals surface area contributed by atoms with Gasteiger partial charge >= 0.3 is 6.09 Å². The Balaban J connectivity index is 1.54. The molecule has 148 valence electrons. The Morgan fingerprint density at radius 3 is 2.35 bits per heavy atom. The maximum absolute atomic E-state index is 12.6. The van der Waals surface area contributed by atoms with Crippen LogP contribution in [0.25, 0.3) is 0 Å². The molecule has 0 radical (unpaired) electrons. The lowest BCUT2D eigenvalue weighted by atomic mass is 9.98. The predicted molar refractivity (Wildman–Crippen MR) is 104 cm³/mol. The smallest absolute Gasteiger partial charge is 0.410 e. The number of ether oxygens (including phenoxy) is 1. The lowest BCUT2D eigenvalue weighted by molar-refractivity contribution is 0.00545. The Kier molecular flexibility index (Phi) is 5.98. The van der Waals surface area contributed by atoms with Crippen LogP contribution in [0.3, 0.4) is 0 Å². The fourth-order valence-electron chi connectivity index (χ4n) is 4.19. The molecule has 26 heavy (non-hydrogen) atoms. The lowest BCUT2D eigenvalue weighted by Gasteiger charge is -2.40. The average Bonchev–Trinajstić information content (AvgIpc) is 3.30. The number of amides is 1. The van der Waals surface area contributed by atoms with Gasteiger partial charge in [0.1, 0.15) is 5.60 Å². The van der Waals surface area contributed by atoms with E-state index in [2.05, 4.69) is 17.6 Å². The highest BCUT2D eigenvalue weighted by atomic mass is 16.6. The summed E-state index contributed by atoms with van der Waals surface area (Å²) < 4.78 is 5.62. The minimum atomic E-state index is -0.432. The van der Waals surface area contributed by atoms with Crippen LogP contribution >= 0.6 is 0 Å². The van der Waals surface area contributed by atoms with Crippen LogP contribution in [-0.2, 0) is 4.74 Å². The number of aliphatic imine (C=N–C) groups is 1. The zero-order valence-electron chi connectivity index (χ0n) is 16.9. The fourth-order valence-corrected chi connectivity index (χ4v) is 4.19. The molecule has 6 heteroatoms. The number of guanidine groups is 1. The van der Waals surface area contributed by atoms with E-state index in [1.54, 1.807) is 0 Å². The van der Waals surface area contributed by atoms with E-state index in [1.807, 2.05) is 25.7 Å². The highest BCUT2D eigenvalue weighted by molar-refractivity contribution is 5.80. The van der Waals surface area contributed by atoms with Crippen LogP contribution in [0.1, 0.15) is 72.6 Å². The average molecular weight is 365 g/mol. The van der Waals surface area contributed by atoms with Crippen LogP contribution < -0.4 is 10.6 Å². The Morgan fingerprint density at radius 2 is 1.81 bits per heavy atom. The summed E-state index contributed by atoms with van der Waals surface area (Å²) in [6.07, 6.45) is 7.94. The summed E-state index contributed by atoms with van der Waals surface area (Å²) in [6, 6.07) is 0.954. The number of fused-ring (bicyclic) bond motifs is 2. The second-order valence-corrected chi connectivity index (χ2v) is 9.08. The molecule has 0 aromatic rings. The third-order valence-electron chi connectivity index (χ3n) is 5.53. The molecule has 2 unspecified atom stereocenters. The van der Waals surface area contributed by atoms with Crippen LogP contribution in [0.4, 0.5) is 4.79 Å². The van der Waals surface area contributed by atoms with Gasteiger partial charge in [-0.15, -0.1) is 0 Å². The summed E-state index contributed by atoms with van der Waals surface area (Å²) in [5.74, 6) is 1.85. The van der Waals surface area contributed by atoms with Crippen molar-refractivity contribution in [1.82, 2.24) is 15.5 Å². The summed E-state index contributed by atoms with van der Waals surface area (Å²) in [7, 11) is 0. The first kappa shape index (κ1) is 19.3. The Morgan fingerprint density at radius 1 is 1.15 bits per heavy atom. The van der Waals surface area contributed by atoms with E-state index in [1.165, 1.54) is 19.3 Å². The first-order chi connectivity index (χ1) is 12.4. The second kappa shape index (κ2) is 8.05. The van der Waals surface area contributed by atoms with Crippen LogP contribution in [-0.4, -0.2) is 53.8 Å². The van der Waals surface area contributed by atoms with Crippen molar-refractivity contribution >= 4 is 12.1 Å². The standard InChI is InChI=1S/C20H36N4O2/c1-5-21-18(22-11-10-14-6-7-14)23-15-12-16-8-9-17(13-15)24(16)19(25)26-20(2,3)4/h14-17H,5-13H2,1-4H3,(H2,21,22,23). The summed E-state index contributed by atoms with van der Waals surface area (Å²) in [6.45, 7) is 9.68. The molecule has 0 aromatic carbocycles. The number of hydrogen-bond acceptors (Lipinski definition) is 3. The molecule has 0 spiro atoms. The van der Waals surface area contributed by atoms with Gasteiger partial charge in [0.05, 0.1) is 0 Å². The zero-order valence-corrected chi connectivity index (χ0v) is 16.9. The SMILES string of the molecule is CCNC(=NCCC1CC1)NC1CC2CCC(C1)N2C(=O)OC(C)(C)C. The normalized spacial score (nSPS) is 28.8. The fraction of sp³-hybridized carbons (Fsp3) is 0.900. The van der Waals surface area contributed by atoms with Crippen molar-refractivity contribution in [2.45, 2.75) is 96.4 Å². The van der Waals surface area contributed by atoms with E-state index in [-0.39, 0.29) is 18.2 Å². The van der Waals surface area contributed by atoms with Crippen molar-refractivity contribution in [2.24, 2.45) is 10.9 Å². The minimum Gasteiger partial charge on any atom is -0.444 e. The molecule has 2 atom stereocenters. The monoisotopic (exact) mass is 364 g/mol. The van der Waals surface area contributed by atoms with Crippen molar-refractivity contribution in [3.63, 3.8) is 0 Å². The van der Waals surface area contributed by atoms with Crippen molar-refractivity contribution < 1.29 is 9.53 Å². The summed E-state index contributed by atoms with van der Waals surface area (Å²) >= 11 is 0. The van der Waals surface area contributed by atoms with E-state index in [0.29, 0.717) is 6.04 Å². The van der Waals surface area contributed by atoms with Gasteiger partial charge < -0.3 is 20.3 Å². The second-order valence-electron chi connectivity index (χ2n) is 9.08. The molecule has 6 nitrogen and oxygen atoms in total. The predicted octanol–water partition coefficient (Wildman–Crippen LogP) is 3.27. The molecule has 2 heterocycles. The van der Waals surface area contributed by atoms with Crippen LogP contribution in [0.15, 0.2) is 4.99 Å². The quantitative estimate of drug-likeness (QED) is 0.580. The molecule has 1 amide bonds. The van der Waals surface area contributed by atoms with E-state index >= 15 is 0 Å². The van der Waals surface area contributed by atoms with Crippen LogP contribution in [0.2, 0.25) is 0 Å². The summed E-state index contributed by atoms with van der Waals surface area (Å²) in [5.41, 5.74) is -0.432. The molecular weight excluding hydrogens is 328 g/mol. The topological polar surface area (TPSA) is 66.0 Å². The maximum Gasteiger partial charge on any atom is 0.410 e. The number of hydrogen-bond donors (Lipinski definition) is 2. The van der Waals surface area contributed by atoms with E-state index in [0.717, 1.165) is 50.7 Å². The first-order valence-corrected chi connectivity index (χ1v) is 10.4. The van der Waals surface area contributed by atoms with Gasteiger partial charge in [-0.3, -0.25) is 4.99 Å². The molecule has 1 saturated carbocycles. The number of piperidine rings is 1. The van der Waals surface area contributed by atoms with E-state index in [9.17, 15) is 4.79 Å². The molecule has 2 saturated heterocycles. The van der Waals surface area contributed by atoms with Crippen molar-refractivity contribution in [1.29, 1.82) is 0 Å². The molecule has 2 aliphatic heterocycles. The third-order valence-corrected chi connectivity index (χ3v) is 5.53. The van der Waals surface area contributed by atoms with Gasteiger partial charge in [-0.1, -0.05) is 12.8 Å². The summed E-state index contributed by atoms with van der Waals surface area (Å²) in [5, 5.41) is 6.99. The first-order valence-electron chi connectivity index (χ1n) is 10.4. The van der Waals surface area contributed by atoms with E-state index in [4.69, 9.17) is 9.73 Å². The number of nitrogens with zero attached hydrogens (tertiary/aromatic N) is 2. The minimum absolute atomic E-state index is 0.145. The van der Waals surface area contributed by atoms with Gasteiger partial charge in [0, 0.05) is 31.2 Å². The van der Waals surface area contributed by atoms with Crippen molar-refractivity contribution in [3.8, 4) is 0 Å². The van der Waals surface area contributed by atoms with Gasteiger partial charge in [0.25, 0.3) is 0 Å². The molecule has 3 rings (SSSR count). The molecule has 2 bridgehead atoms. The van der Waals surface area contributed by atoms with Gasteiger partial charge in [0.2, 0.25) is 0 Å². The Bertz CT molecular complexity index is 510. The van der Waals surface area contributed by atoms with Crippen molar-refractivity contribution in [3.05, 3.63) is 0 Å². The van der Waals surface area contributed by atoms with Gasteiger partial charge in [-0.2, -0.15) is 0 Å². The Hall–Kier alpha value is -1.46. The van der Waals surface area contributed by atoms with Crippen LogP contribution in [0, 0.1) is 5.92 Å². The molecule has 2 N–H and O–H groups in total. The zero-order chi connectivity index (χ0) is 18.7. The number of carbonyl (C=O) groups is 1.